The topological polar surface area (TPSA) is 23.8 Å². The summed E-state index contributed by atoms with van der Waals surface area (Å²) in [6.07, 6.45) is 0. The van der Waals surface area contributed by atoms with Crippen LogP contribution in [0.2, 0.25) is 0 Å². The average molecular weight is 314 g/mol. The van der Waals surface area contributed by atoms with Crippen molar-refractivity contribution in [2.45, 2.75) is 13.8 Å². The van der Waals surface area contributed by atoms with Gasteiger partial charge >= 0.3 is 0 Å². The molecule has 0 bridgehead atoms. The minimum atomic E-state index is 0. The van der Waals surface area contributed by atoms with Crippen LogP contribution in [0.5, 0.6) is 0 Å². The maximum Gasteiger partial charge on any atom is 0.0725 e. The van der Waals surface area contributed by atoms with Gasteiger partial charge in [0.05, 0.1) is 6.07 Å². The smallest absolute Gasteiger partial charge is 0.0725 e. The monoisotopic (exact) mass is 314 g/mol. The largest absolute Gasteiger partial charge is 0.195 e. The molecule has 0 atom stereocenters. The molecule has 1 aromatic carbocycles. The molecule has 1 rings (SSSR count). The van der Waals surface area contributed by atoms with Gasteiger partial charge in [0.25, 0.3) is 0 Å². The molecule has 0 N–H and O–H groups in total. The molecular weight excluding hydrogens is 306 g/mol. The van der Waals surface area contributed by atoms with E-state index in [1.165, 1.54) is 0 Å². The van der Waals surface area contributed by atoms with Crippen LogP contribution in [0, 0.1) is 31.2 Å². The summed E-state index contributed by atoms with van der Waals surface area (Å²) in [7, 11) is 0. The standard InChI is InChI=1S/C9H8N.W/c1-7-3-8(2)5-9(4-7)6-10;/h4-5H,1-2H3;/q-1;. The molecule has 0 unspecified atom stereocenters. The molecule has 2 heteroatoms. The molecule has 0 fully saturated rings. The molecule has 0 aliphatic heterocycles. The summed E-state index contributed by atoms with van der Waals surface area (Å²) >= 11 is 0. The molecule has 0 spiro atoms. The maximum atomic E-state index is 8.52. The Morgan fingerprint density at radius 1 is 1.27 bits per heavy atom. The average Bonchev–Trinajstić information content (AvgIpc) is 1.85. The first-order valence-corrected chi connectivity index (χ1v) is 3.13. The first kappa shape index (κ1) is 10.4. The summed E-state index contributed by atoms with van der Waals surface area (Å²) in [4.78, 5) is 0. The third-order valence-corrected chi connectivity index (χ3v) is 1.27. The van der Waals surface area contributed by atoms with Gasteiger partial charge in [-0.25, -0.2) is 0 Å². The first-order valence-electron chi connectivity index (χ1n) is 3.13. The van der Waals surface area contributed by atoms with Gasteiger partial charge in [-0.05, 0) is 0 Å². The molecule has 11 heavy (non-hydrogen) atoms. The number of rotatable bonds is 0. The minimum absolute atomic E-state index is 0. The van der Waals surface area contributed by atoms with Crippen molar-refractivity contribution >= 4 is 0 Å². The van der Waals surface area contributed by atoms with Crippen LogP contribution in [0.4, 0.5) is 0 Å². The van der Waals surface area contributed by atoms with E-state index >= 15 is 0 Å². The van der Waals surface area contributed by atoms with Gasteiger partial charge in [0.1, 0.15) is 0 Å². The summed E-state index contributed by atoms with van der Waals surface area (Å²) in [6, 6.07) is 8.84. The van der Waals surface area contributed by atoms with Crippen LogP contribution in [0.25, 0.3) is 0 Å². The second kappa shape index (κ2) is 4.31. The van der Waals surface area contributed by atoms with Crippen molar-refractivity contribution in [3.63, 3.8) is 0 Å². The van der Waals surface area contributed by atoms with E-state index in [-0.39, 0.29) is 21.1 Å². The van der Waals surface area contributed by atoms with Crippen molar-refractivity contribution in [3.05, 3.63) is 34.9 Å². The first-order chi connectivity index (χ1) is 4.72. The van der Waals surface area contributed by atoms with Crippen LogP contribution < -0.4 is 0 Å². The summed E-state index contributed by atoms with van der Waals surface area (Å²) in [5.74, 6) is 0. The van der Waals surface area contributed by atoms with Gasteiger partial charge in [-0.15, -0.1) is 0 Å². The Bertz CT molecular complexity index is 266. The Balaban J connectivity index is 0.000001000. The van der Waals surface area contributed by atoms with Gasteiger partial charge in [0.2, 0.25) is 0 Å². The zero-order valence-electron chi connectivity index (χ0n) is 6.51. The van der Waals surface area contributed by atoms with Crippen LogP contribution in [0.1, 0.15) is 16.7 Å². The Morgan fingerprint density at radius 2 is 1.73 bits per heavy atom. The van der Waals surface area contributed by atoms with E-state index < -0.39 is 0 Å². The van der Waals surface area contributed by atoms with E-state index in [0.29, 0.717) is 5.56 Å². The molecule has 1 aromatic rings. The van der Waals surface area contributed by atoms with Crippen molar-refractivity contribution in [1.82, 2.24) is 0 Å². The number of nitrogens with zero attached hydrogens (tertiary/aromatic N) is 1. The molecule has 0 saturated carbocycles. The van der Waals surface area contributed by atoms with E-state index in [1.807, 2.05) is 26.0 Å². The summed E-state index contributed by atoms with van der Waals surface area (Å²) in [6.45, 7) is 3.88. The van der Waals surface area contributed by atoms with E-state index in [9.17, 15) is 0 Å². The van der Waals surface area contributed by atoms with Crippen molar-refractivity contribution in [2.75, 3.05) is 0 Å². The number of nitriles is 1. The third kappa shape index (κ3) is 2.87. The van der Waals surface area contributed by atoms with Crippen LogP contribution in [-0.2, 0) is 21.1 Å². The van der Waals surface area contributed by atoms with Crippen molar-refractivity contribution in [1.29, 1.82) is 5.26 Å². The molecule has 1 nitrogen and oxygen atoms in total. The van der Waals surface area contributed by atoms with Gasteiger partial charge in [-0.2, -0.15) is 34.6 Å². The Labute approximate surface area is 81.3 Å². The summed E-state index contributed by atoms with van der Waals surface area (Å²) < 4.78 is 0. The maximum absolute atomic E-state index is 8.52. The van der Waals surface area contributed by atoms with E-state index in [1.54, 1.807) is 0 Å². The molecule has 0 aliphatic rings. The zero-order valence-corrected chi connectivity index (χ0v) is 9.44. The number of aryl methyl sites for hydroxylation is 2. The quantitative estimate of drug-likeness (QED) is 0.672. The second-order valence-corrected chi connectivity index (χ2v) is 2.35. The fourth-order valence-corrected chi connectivity index (χ4v) is 0.956. The van der Waals surface area contributed by atoms with Gasteiger partial charge in [0, 0.05) is 21.1 Å². The fraction of sp³-hybridized carbons (Fsp3) is 0.222. The number of hydrogen-bond donors (Lipinski definition) is 0. The SMILES string of the molecule is Cc1[c-]c(C)cc(C#N)c1.[W]. The third-order valence-electron chi connectivity index (χ3n) is 1.27. The fourth-order valence-electron chi connectivity index (χ4n) is 0.956. The number of hydrogen-bond acceptors (Lipinski definition) is 1. The molecule has 0 saturated heterocycles. The molecular formula is C9H8NW-. The van der Waals surface area contributed by atoms with Crippen LogP contribution in [0.3, 0.4) is 0 Å². The predicted molar refractivity (Wildman–Crippen MR) is 39.5 cm³/mol. The van der Waals surface area contributed by atoms with Crippen molar-refractivity contribution in [3.8, 4) is 6.07 Å². The Hall–Kier alpha value is -0.602. The number of benzene rings is 1. The van der Waals surface area contributed by atoms with Gasteiger partial charge in [0.15, 0.2) is 0 Å². The molecule has 0 radical (unpaired) electrons. The summed E-state index contributed by atoms with van der Waals surface area (Å²) in [5.41, 5.74) is 2.77. The van der Waals surface area contributed by atoms with Crippen LogP contribution in [0.15, 0.2) is 12.1 Å². The normalized spacial score (nSPS) is 8.09. The van der Waals surface area contributed by atoms with Gasteiger partial charge in [-0.3, -0.25) is 0 Å². The van der Waals surface area contributed by atoms with Crippen LogP contribution in [-0.4, -0.2) is 0 Å². The molecule has 0 heterocycles. The van der Waals surface area contributed by atoms with Crippen molar-refractivity contribution < 1.29 is 21.1 Å². The van der Waals surface area contributed by atoms with Crippen LogP contribution >= 0.6 is 0 Å². The Kier molecular flexibility index (Phi) is 4.08. The molecule has 0 aromatic heterocycles. The molecule has 56 valence electrons. The minimum Gasteiger partial charge on any atom is -0.195 e. The van der Waals surface area contributed by atoms with E-state index in [0.717, 1.165) is 11.1 Å². The van der Waals surface area contributed by atoms with Gasteiger partial charge in [-0.1, -0.05) is 19.4 Å². The predicted octanol–water partition coefficient (Wildman–Crippen LogP) is 1.97. The molecule has 0 aliphatic carbocycles. The Morgan fingerprint density at radius 3 is 2.09 bits per heavy atom. The van der Waals surface area contributed by atoms with Crippen molar-refractivity contribution in [2.24, 2.45) is 0 Å². The van der Waals surface area contributed by atoms with E-state index in [4.69, 9.17) is 5.26 Å². The summed E-state index contributed by atoms with van der Waals surface area (Å²) in [5, 5.41) is 8.52. The molecule has 0 amide bonds. The zero-order chi connectivity index (χ0) is 7.56. The van der Waals surface area contributed by atoms with E-state index in [2.05, 4.69) is 12.1 Å². The van der Waals surface area contributed by atoms with Gasteiger partial charge < -0.3 is 0 Å². The second-order valence-electron chi connectivity index (χ2n) is 2.35.